The molecule has 0 aromatic heterocycles. The summed E-state index contributed by atoms with van der Waals surface area (Å²) in [5.41, 5.74) is 2.40. The molecular formula is C12H15Cl2NO2. The summed E-state index contributed by atoms with van der Waals surface area (Å²) in [5, 5.41) is 4.10. The first-order chi connectivity index (χ1) is 7.81. The molecule has 0 spiro atoms. The van der Waals surface area contributed by atoms with Gasteiger partial charge in [-0.15, -0.1) is 12.4 Å². The minimum absolute atomic E-state index is 0. The van der Waals surface area contributed by atoms with Crippen LogP contribution in [0.5, 0.6) is 5.75 Å². The number of methoxy groups -OCH3 is 1. The highest BCUT2D eigenvalue weighted by molar-refractivity contribution is 6.33. The average molecular weight is 276 g/mol. The van der Waals surface area contributed by atoms with Crippen LogP contribution in [0, 0.1) is 0 Å². The van der Waals surface area contributed by atoms with Gasteiger partial charge in [-0.1, -0.05) is 17.7 Å². The first kappa shape index (κ1) is 13.0. The normalized spacial score (nSPS) is 25.8. The molecule has 0 radical (unpaired) electrons. The molecule has 1 aromatic carbocycles. The summed E-state index contributed by atoms with van der Waals surface area (Å²) >= 11 is 6.39. The molecule has 0 amide bonds. The van der Waals surface area contributed by atoms with E-state index >= 15 is 0 Å². The van der Waals surface area contributed by atoms with E-state index in [1.165, 1.54) is 11.1 Å². The van der Waals surface area contributed by atoms with Crippen molar-refractivity contribution in [2.75, 3.05) is 20.2 Å². The number of rotatable bonds is 1. The fourth-order valence-corrected chi connectivity index (χ4v) is 3.01. The maximum Gasteiger partial charge on any atom is 0.137 e. The lowest BCUT2D eigenvalue weighted by atomic mass is 9.89. The van der Waals surface area contributed by atoms with Crippen LogP contribution in [-0.2, 0) is 11.3 Å². The lowest BCUT2D eigenvalue weighted by molar-refractivity contribution is 0.0299. The van der Waals surface area contributed by atoms with Gasteiger partial charge in [-0.3, -0.25) is 0 Å². The molecular weight excluding hydrogens is 261 g/mol. The highest BCUT2D eigenvalue weighted by Crippen LogP contribution is 2.41. The second-order valence-corrected chi connectivity index (χ2v) is 4.65. The summed E-state index contributed by atoms with van der Waals surface area (Å²) < 4.78 is 11.1. The monoisotopic (exact) mass is 275 g/mol. The Morgan fingerprint density at radius 3 is 3.00 bits per heavy atom. The molecule has 0 saturated carbocycles. The lowest BCUT2D eigenvalue weighted by Gasteiger charge is -2.29. The molecule has 2 aliphatic rings. The summed E-state index contributed by atoms with van der Waals surface area (Å²) in [5.74, 6) is 1.12. The van der Waals surface area contributed by atoms with Crippen LogP contribution in [-0.4, -0.2) is 26.3 Å². The van der Waals surface area contributed by atoms with Crippen LogP contribution in [0.3, 0.4) is 0 Å². The van der Waals surface area contributed by atoms with Gasteiger partial charge in [-0.05, 0) is 17.2 Å². The van der Waals surface area contributed by atoms with Gasteiger partial charge in [0.05, 0.1) is 24.8 Å². The first-order valence-electron chi connectivity index (χ1n) is 5.49. The summed E-state index contributed by atoms with van der Waals surface area (Å²) in [4.78, 5) is 0. The van der Waals surface area contributed by atoms with Crippen molar-refractivity contribution in [2.24, 2.45) is 0 Å². The zero-order valence-electron chi connectivity index (χ0n) is 9.53. The average Bonchev–Trinajstić information content (AvgIpc) is 2.77. The molecule has 3 rings (SSSR count). The fourth-order valence-electron chi connectivity index (χ4n) is 2.61. The summed E-state index contributed by atoms with van der Waals surface area (Å²) in [6.45, 7) is 2.50. The van der Waals surface area contributed by atoms with Crippen LogP contribution in [0.2, 0.25) is 5.02 Å². The van der Waals surface area contributed by atoms with Crippen molar-refractivity contribution in [1.29, 1.82) is 0 Å². The third-order valence-corrected chi connectivity index (χ3v) is 3.83. The van der Waals surface area contributed by atoms with E-state index in [-0.39, 0.29) is 18.5 Å². The minimum Gasteiger partial charge on any atom is -0.495 e. The SMILES string of the molecule is COc1ccc2c(c1Cl)C1CNCC1OC2.Cl. The Morgan fingerprint density at radius 1 is 1.41 bits per heavy atom. The molecule has 5 heteroatoms. The lowest BCUT2D eigenvalue weighted by Crippen LogP contribution is -2.27. The van der Waals surface area contributed by atoms with E-state index in [0.29, 0.717) is 12.5 Å². The molecule has 2 heterocycles. The third kappa shape index (κ3) is 2.02. The van der Waals surface area contributed by atoms with Gasteiger partial charge in [0.25, 0.3) is 0 Å². The predicted molar refractivity (Wildman–Crippen MR) is 69.4 cm³/mol. The molecule has 2 unspecified atom stereocenters. The maximum absolute atomic E-state index is 6.39. The van der Waals surface area contributed by atoms with E-state index in [1.54, 1.807) is 7.11 Å². The van der Waals surface area contributed by atoms with Crippen molar-refractivity contribution < 1.29 is 9.47 Å². The molecule has 1 fully saturated rings. The third-order valence-electron chi connectivity index (χ3n) is 3.44. The highest BCUT2D eigenvalue weighted by atomic mass is 35.5. The number of ether oxygens (including phenoxy) is 2. The Kier molecular flexibility index (Phi) is 3.83. The van der Waals surface area contributed by atoms with Crippen molar-refractivity contribution in [3.05, 3.63) is 28.3 Å². The van der Waals surface area contributed by atoms with Gasteiger partial charge in [0, 0.05) is 19.0 Å². The van der Waals surface area contributed by atoms with Crippen LogP contribution in [0.4, 0.5) is 0 Å². The van der Waals surface area contributed by atoms with E-state index in [1.807, 2.05) is 6.07 Å². The zero-order valence-corrected chi connectivity index (χ0v) is 11.1. The maximum atomic E-state index is 6.39. The van der Waals surface area contributed by atoms with E-state index in [2.05, 4.69) is 11.4 Å². The second kappa shape index (κ2) is 5.02. The quantitative estimate of drug-likeness (QED) is 0.854. The van der Waals surface area contributed by atoms with E-state index in [0.717, 1.165) is 23.9 Å². The van der Waals surface area contributed by atoms with Gasteiger partial charge in [-0.2, -0.15) is 0 Å². The van der Waals surface area contributed by atoms with E-state index in [9.17, 15) is 0 Å². The molecule has 0 bridgehead atoms. The van der Waals surface area contributed by atoms with Gasteiger partial charge in [0.2, 0.25) is 0 Å². The topological polar surface area (TPSA) is 30.5 Å². The van der Waals surface area contributed by atoms with E-state index in [4.69, 9.17) is 21.1 Å². The van der Waals surface area contributed by atoms with Crippen LogP contribution in [0.1, 0.15) is 17.0 Å². The Morgan fingerprint density at radius 2 is 2.24 bits per heavy atom. The number of fused-ring (bicyclic) bond motifs is 3. The number of hydrogen-bond donors (Lipinski definition) is 1. The van der Waals surface area contributed by atoms with Crippen LogP contribution in [0.15, 0.2) is 12.1 Å². The van der Waals surface area contributed by atoms with Crippen LogP contribution in [0.25, 0.3) is 0 Å². The summed E-state index contributed by atoms with van der Waals surface area (Å²) in [6.07, 6.45) is 0.261. The minimum atomic E-state index is 0. The van der Waals surface area contributed by atoms with Crippen molar-refractivity contribution >= 4 is 24.0 Å². The molecule has 2 atom stereocenters. The van der Waals surface area contributed by atoms with Gasteiger partial charge >= 0.3 is 0 Å². The number of halogens is 2. The fraction of sp³-hybridized carbons (Fsp3) is 0.500. The molecule has 94 valence electrons. The zero-order chi connectivity index (χ0) is 11.1. The molecule has 1 saturated heterocycles. The second-order valence-electron chi connectivity index (χ2n) is 4.27. The first-order valence-corrected chi connectivity index (χ1v) is 5.86. The largest absolute Gasteiger partial charge is 0.495 e. The molecule has 3 nitrogen and oxygen atoms in total. The van der Waals surface area contributed by atoms with Crippen molar-refractivity contribution in [3.8, 4) is 5.75 Å². The Balaban J connectivity index is 0.00000108. The Labute approximate surface area is 112 Å². The van der Waals surface area contributed by atoms with Gasteiger partial charge in [0.15, 0.2) is 0 Å². The van der Waals surface area contributed by atoms with Gasteiger partial charge in [0.1, 0.15) is 5.75 Å². The standard InChI is InChI=1S/C12H14ClNO2.ClH/c1-15-9-3-2-7-6-16-10-5-14-4-8(10)11(7)12(9)13;/h2-3,8,10,14H,4-6H2,1H3;1H. The van der Waals surface area contributed by atoms with Crippen molar-refractivity contribution in [2.45, 2.75) is 18.6 Å². The predicted octanol–water partition coefficient (Wildman–Crippen LogP) is 2.36. The molecule has 0 aliphatic carbocycles. The van der Waals surface area contributed by atoms with Crippen LogP contribution < -0.4 is 10.1 Å². The van der Waals surface area contributed by atoms with Crippen molar-refractivity contribution in [3.63, 3.8) is 0 Å². The smallest absolute Gasteiger partial charge is 0.137 e. The highest BCUT2D eigenvalue weighted by Gasteiger charge is 2.36. The van der Waals surface area contributed by atoms with Gasteiger partial charge < -0.3 is 14.8 Å². The molecule has 17 heavy (non-hydrogen) atoms. The molecule has 1 N–H and O–H groups in total. The summed E-state index contributed by atoms with van der Waals surface area (Å²) in [7, 11) is 1.65. The number of nitrogens with one attached hydrogen (secondary N) is 1. The molecule has 2 aliphatic heterocycles. The Bertz CT molecular complexity index is 425. The summed E-state index contributed by atoms with van der Waals surface area (Å²) in [6, 6.07) is 3.96. The van der Waals surface area contributed by atoms with Crippen molar-refractivity contribution in [1.82, 2.24) is 5.32 Å². The molecule has 1 aromatic rings. The number of benzene rings is 1. The van der Waals surface area contributed by atoms with Gasteiger partial charge in [-0.25, -0.2) is 0 Å². The van der Waals surface area contributed by atoms with Crippen LogP contribution >= 0.6 is 24.0 Å². The van der Waals surface area contributed by atoms with E-state index < -0.39 is 0 Å². The number of hydrogen-bond acceptors (Lipinski definition) is 3. The Hall–Kier alpha value is -0.480.